The Morgan fingerprint density at radius 3 is 2.33 bits per heavy atom. The van der Waals surface area contributed by atoms with Gasteiger partial charge in [-0.05, 0) is 36.4 Å². The molecule has 8 nitrogen and oxygen atoms in total. The van der Waals surface area contributed by atoms with Crippen LogP contribution in [-0.4, -0.2) is 46.9 Å². The minimum absolute atomic E-state index is 0.210. The van der Waals surface area contributed by atoms with Crippen LogP contribution >= 0.6 is 0 Å². The van der Waals surface area contributed by atoms with Crippen molar-refractivity contribution < 1.29 is 19.0 Å². The monoisotopic (exact) mass is 404 g/mol. The SMILES string of the molecule is COc1cc(C(=O)c2ccc(-c3ccc[nH]3)cc2-n2cncn2)cc(OC)c1OC. The summed E-state index contributed by atoms with van der Waals surface area (Å²) >= 11 is 0. The molecule has 0 atom stereocenters. The quantitative estimate of drug-likeness (QED) is 0.474. The summed E-state index contributed by atoms with van der Waals surface area (Å²) in [5.74, 6) is 1.03. The lowest BCUT2D eigenvalue weighted by molar-refractivity contribution is 0.103. The van der Waals surface area contributed by atoms with Gasteiger partial charge in [-0.25, -0.2) is 9.67 Å². The molecular weight excluding hydrogens is 384 g/mol. The van der Waals surface area contributed by atoms with Gasteiger partial charge in [0.15, 0.2) is 17.3 Å². The number of ether oxygens (including phenoxy) is 3. The summed E-state index contributed by atoms with van der Waals surface area (Å²) in [5.41, 5.74) is 3.33. The van der Waals surface area contributed by atoms with Crippen LogP contribution in [0.3, 0.4) is 0 Å². The first-order valence-electron chi connectivity index (χ1n) is 9.13. The molecule has 4 aromatic rings. The van der Waals surface area contributed by atoms with Gasteiger partial charge in [0.1, 0.15) is 12.7 Å². The van der Waals surface area contributed by atoms with Crippen molar-refractivity contribution >= 4 is 5.78 Å². The Labute approximate surface area is 173 Å². The molecule has 0 spiro atoms. The van der Waals surface area contributed by atoms with E-state index in [1.54, 1.807) is 29.2 Å². The molecule has 2 heterocycles. The average Bonchev–Trinajstić information content (AvgIpc) is 3.51. The highest BCUT2D eigenvalue weighted by atomic mass is 16.5. The number of ketones is 1. The molecule has 0 amide bonds. The van der Waals surface area contributed by atoms with Gasteiger partial charge in [0.2, 0.25) is 5.75 Å². The van der Waals surface area contributed by atoms with Crippen LogP contribution in [-0.2, 0) is 0 Å². The summed E-state index contributed by atoms with van der Waals surface area (Å²) in [6.07, 6.45) is 4.83. The summed E-state index contributed by atoms with van der Waals surface area (Å²) in [6.45, 7) is 0. The van der Waals surface area contributed by atoms with Crippen molar-refractivity contribution in [1.29, 1.82) is 0 Å². The molecule has 0 unspecified atom stereocenters. The van der Waals surface area contributed by atoms with E-state index in [-0.39, 0.29) is 5.78 Å². The third kappa shape index (κ3) is 3.39. The van der Waals surface area contributed by atoms with Gasteiger partial charge in [-0.15, -0.1) is 0 Å². The van der Waals surface area contributed by atoms with E-state index in [2.05, 4.69) is 15.1 Å². The van der Waals surface area contributed by atoms with Gasteiger partial charge < -0.3 is 19.2 Å². The van der Waals surface area contributed by atoms with Crippen LogP contribution in [0.15, 0.2) is 61.3 Å². The van der Waals surface area contributed by atoms with Crippen LogP contribution < -0.4 is 14.2 Å². The summed E-state index contributed by atoms with van der Waals surface area (Å²) in [5, 5.41) is 4.21. The molecule has 0 aliphatic rings. The van der Waals surface area contributed by atoms with Crippen molar-refractivity contribution in [2.24, 2.45) is 0 Å². The number of hydrogen-bond donors (Lipinski definition) is 1. The number of aromatic nitrogens is 4. The van der Waals surface area contributed by atoms with Gasteiger partial charge in [0.05, 0.1) is 27.0 Å². The van der Waals surface area contributed by atoms with Crippen LogP contribution in [0.4, 0.5) is 0 Å². The van der Waals surface area contributed by atoms with Crippen LogP contribution in [0, 0.1) is 0 Å². The maximum Gasteiger partial charge on any atom is 0.203 e. The van der Waals surface area contributed by atoms with E-state index >= 15 is 0 Å². The van der Waals surface area contributed by atoms with Crippen molar-refractivity contribution in [1.82, 2.24) is 19.7 Å². The molecule has 0 aliphatic carbocycles. The van der Waals surface area contributed by atoms with Crippen LogP contribution in [0.2, 0.25) is 0 Å². The second-order valence-electron chi connectivity index (χ2n) is 6.40. The molecule has 152 valence electrons. The zero-order valence-electron chi connectivity index (χ0n) is 16.7. The highest BCUT2D eigenvalue weighted by Crippen LogP contribution is 2.39. The molecule has 4 rings (SSSR count). The molecular formula is C22H20N4O4. The standard InChI is InChI=1S/C22H20N4O4/c1-28-19-10-15(11-20(29-2)22(19)30-3)21(27)16-7-6-14(17-5-4-8-24-17)9-18(16)26-13-23-12-25-26/h4-13,24H,1-3H3. The smallest absolute Gasteiger partial charge is 0.203 e. The Balaban J connectivity index is 1.85. The first-order chi connectivity index (χ1) is 14.7. The normalized spacial score (nSPS) is 10.6. The van der Waals surface area contributed by atoms with Crippen molar-refractivity contribution in [2.75, 3.05) is 21.3 Å². The minimum atomic E-state index is -0.210. The van der Waals surface area contributed by atoms with E-state index in [4.69, 9.17) is 14.2 Å². The molecule has 2 aromatic heterocycles. The first kappa shape index (κ1) is 19.3. The summed E-state index contributed by atoms with van der Waals surface area (Å²) in [7, 11) is 4.54. The van der Waals surface area contributed by atoms with Crippen molar-refractivity contribution in [2.45, 2.75) is 0 Å². The number of benzene rings is 2. The molecule has 30 heavy (non-hydrogen) atoms. The number of carbonyl (C=O) groups excluding carboxylic acids is 1. The average molecular weight is 404 g/mol. The van der Waals surface area contributed by atoms with Gasteiger partial charge in [0.25, 0.3) is 0 Å². The lowest BCUT2D eigenvalue weighted by atomic mass is 9.98. The van der Waals surface area contributed by atoms with E-state index < -0.39 is 0 Å². The summed E-state index contributed by atoms with van der Waals surface area (Å²) in [6, 6.07) is 12.7. The van der Waals surface area contributed by atoms with Gasteiger partial charge in [0, 0.05) is 28.6 Å². The first-order valence-corrected chi connectivity index (χ1v) is 9.13. The van der Waals surface area contributed by atoms with Crippen LogP contribution in [0.25, 0.3) is 16.9 Å². The van der Waals surface area contributed by atoms with E-state index in [0.29, 0.717) is 34.1 Å². The molecule has 2 aromatic carbocycles. The minimum Gasteiger partial charge on any atom is -0.493 e. The zero-order valence-corrected chi connectivity index (χ0v) is 16.7. The van der Waals surface area contributed by atoms with E-state index in [0.717, 1.165) is 11.3 Å². The number of nitrogens with zero attached hydrogens (tertiary/aromatic N) is 3. The highest BCUT2D eigenvalue weighted by Gasteiger charge is 2.21. The van der Waals surface area contributed by atoms with Gasteiger partial charge >= 0.3 is 0 Å². The fraction of sp³-hybridized carbons (Fsp3) is 0.136. The van der Waals surface area contributed by atoms with Gasteiger partial charge in [-0.3, -0.25) is 4.79 Å². The lowest BCUT2D eigenvalue weighted by Gasteiger charge is -2.15. The maximum absolute atomic E-state index is 13.5. The van der Waals surface area contributed by atoms with E-state index in [9.17, 15) is 4.79 Å². The predicted octanol–water partition coefficient (Wildman–Crippen LogP) is 3.52. The Morgan fingerprint density at radius 2 is 1.77 bits per heavy atom. The molecule has 0 saturated heterocycles. The summed E-state index contributed by atoms with van der Waals surface area (Å²) in [4.78, 5) is 20.7. The molecule has 8 heteroatoms. The second kappa shape index (κ2) is 8.12. The van der Waals surface area contributed by atoms with Crippen molar-refractivity contribution in [3.8, 4) is 34.2 Å². The number of aromatic amines is 1. The Bertz CT molecular complexity index is 1140. The number of carbonyl (C=O) groups is 1. The fourth-order valence-corrected chi connectivity index (χ4v) is 3.29. The number of methoxy groups -OCH3 is 3. The Hall–Kier alpha value is -4.07. The van der Waals surface area contributed by atoms with Crippen molar-refractivity contribution in [3.05, 3.63) is 72.4 Å². The number of rotatable bonds is 7. The number of H-pyrrole nitrogens is 1. The number of hydrogen-bond acceptors (Lipinski definition) is 6. The third-order valence-corrected chi connectivity index (χ3v) is 4.74. The third-order valence-electron chi connectivity index (χ3n) is 4.74. The molecule has 0 bridgehead atoms. The van der Waals surface area contributed by atoms with Crippen LogP contribution in [0.1, 0.15) is 15.9 Å². The van der Waals surface area contributed by atoms with Crippen molar-refractivity contribution in [3.63, 3.8) is 0 Å². The topological polar surface area (TPSA) is 91.3 Å². The summed E-state index contributed by atoms with van der Waals surface area (Å²) < 4.78 is 17.7. The molecule has 0 fully saturated rings. The Kier molecular flexibility index (Phi) is 5.21. The van der Waals surface area contributed by atoms with E-state index in [1.165, 1.54) is 27.7 Å². The van der Waals surface area contributed by atoms with Gasteiger partial charge in [-0.2, -0.15) is 5.10 Å². The molecule has 1 N–H and O–H groups in total. The molecule has 0 radical (unpaired) electrons. The fourth-order valence-electron chi connectivity index (χ4n) is 3.29. The zero-order chi connectivity index (χ0) is 21.1. The van der Waals surface area contributed by atoms with Crippen LogP contribution in [0.5, 0.6) is 17.2 Å². The Morgan fingerprint density at radius 1 is 1.00 bits per heavy atom. The molecule has 0 saturated carbocycles. The second-order valence-corrected chi connectivity index (χ2v) is 6.40. The molecule has 0 aliphatic heterocycles. The van der Waals surface area contributed by atoms with E-state index in [1.807, 2.05) is 30.5 Å². The highest BCUT2D eigenvalue weighted by molar-refractivity contribution is 6.12. The lowest BCUT2D eigenvalue weighted by Crippen LogP contribution is -2.09. The van der Waals surface area contributed by atoms with Gasteiger partial charge in [-0.1, -0.05) is 6.07 Å². The maximum atomic E-state index is 13.5. The largest absolute Gasteiger partial charge is 0.493 e. The number of nitrogens with one attached hydrogen (secondary N) is 1. The predicted molar refractivity (Wildman–Crippen MR) is 111 cm³/mol.